The molecule has 0 radical (unpaired) electrons. The van der Waals surface area contributed by atoms with Crippen LogP contribution in [0.25, 0.3) is 0 Å². The average Bonchev–Trinajstić information content (AvgIpc) is 2.35. The highest BCUT2D eigenvalue weighted by molar-refractivity contribution is 7.80. The van der Waals surface area contributed by atoms with Gasteiger partial charge in [-0.2, -0.15) is 0 Å². The van der Waals surface area contributed by atoms with E-state index in [9.17, 15) is 0 Å². The van der Waals surface area contributed by atoms with Gasteiger partial charge in [0.15, 0.2) is 5.11 Å². The number of nitrogens with one attached hydrogen (secondary N) is 2. The highest BCUT2D eigenvalue weighted by Gasteiger charge is 2.01. The van der Waals surface area contributed by atoms with Gasteiger partial charge in [-0.1, -0.05) is 17.7 Å². The first-order chi connectivity index (χ1) is 8.65. The molecule has 1 aromatic heterocycles. The molecule has 5 heteroatoms. The van der Waals surface area contributed by atoms with Crippen molar-refractivity contribution < 1.29 is 0 Å². The molecule has 18 heavy (non-hydrogen) atoms. The van der Waals surface area contributed by atoms with Gasteiger partial charge in [-0.05, 0) is 49.0 Å². The standard InChI is InChI=1S/C13H12ClN3S/c1-9-2-3-11(8-12(9)14)17-13(18)16-10-4-6-15-7-5-10/h2-8H,1H3,(H2,15,16,17,18). The second-order valence-corrected chi connectivity index (χ2v) is 4.59. The Morgan fingerprint density at radius 1 is 1.11 bits per heavy atom. The highest BCUT2D eigenvalue weighted by Crippen LogP contribution is 2.20. The van der Waals surface area contributed by atoms with Crippen LogP contribution in [-0.2, 0) is 0 Å². The van der Waals surface area contributed by atoms with Crippen molar-refractivity contribution in [3.8, 4) is 0 Å². The van der Waals surface area contributed by atoms with E-state index in [0.717, 1.165) is 16.9 Å². The molecule has 0 bridgehead atoms. The average molecular weight is 278 g/mol. The number of hydrogen-bond donors (Lipinski definition) is 2. The van der Waals surface area contributed by atoms with E-state index in [1.807, 2.05) is 37.3 Å². The fourth-order valence-electron chi connectivity index (χ4n) is 1.40. The topological polar surface area (TPSA) is 37.0 Å². The zero-order chi connectivity index (χ0) is 13.0. The van der Waals surface area contributed by atoms with E-state index in [2.05, 4.69) is 15.6 Å². The number of hydrogen-bond acceptors (Lipinski definition) is 2. The van der Waals surface area contributed by atoms with Crippen LogP contribution in [0.4, 0.5) is 11.4 Å². The Morgan fingerprint density at radius 2 is 1.78 bits per heavy atom. The van der Waals surface area contributed by atoms with E-state index in [4.69, 9.17) is 23.8 Å². The zero-order valence-corrected chi connectivity index (χ0v) is 11.3. The van der Waals surface area contributed by atoms with Gasteiger partial charge in [-0.15, -0.1) is 0 Å². The summed E-state index contributed by atoms with van der Waals surface area (Å²) in [5.41, 5.74) is 2.79. The molecular weight excluding hydrogens is 266 g/mol. The summed E-state index contributed by atoms with van der Waals surface area (Å²) >= 11 is 11.3. The van der Waals surface area contributed by atoms with Crippen LogP contribution in [-0.4, -0.2) is 10.1 Å². The number of nitrogens with zero attached hydrogens (tertiary/aromatic N) is 1. The lowest BCUT2D eigenvalue weighted by Gasteiger charge is -2.11. The molecule has 0 aliphatic carbocycles. The van der Waals surface area contributed by atoms with Gasteiger partial charge in [0.05, 0.1) is 0 Å². The molecule has 0 unspecified atom stereocenters. The lowest BCUT2D eigenvalue weighted by atomic mass is 10.2. The van der Waals surface area contributed by atoms with Gasteiger partial charge in [0.2, 0.25) is 0 Å². The molecule has 0 saturated carbocycles. The van der Waals surface area contributed by atoms with Crippen LogP contribution >= 0.6 is 23.8 Å². The highest BCUT2D eigenvalue weighted by atomic mass is 35.5. The molecule has 92 valence electrons. The summed E-state index contributed by atoms with van der Waals surface area (Å²) < 4.78 is 0. The second-order valence-electron chi connectivity index (χ2n) is 3.78. The number of aryl methyl sites for hydroxylation is 1. The van der Waals surface area contributed by atoms with E-state index in [1.54, 1.807) is 12.4 Å². The maximum atomic E-state index is 6.05. The molecule has 2 aromatic rings. The molecule has 0 fully saturated rings. The van der Waals surface area contributed by atoms with Crippen molar-refractivity contribution in [2.75, 3.05) is 10.6 Å². The summed E-state index contributed by atoms with van der Waals surface area (Å²) in [5, 5.41) is 7.37. The van der Waals surface area contributed by atoms with Crippen molar-refractivity contribution in [1.29, 1.82) is 0 Å². The van der Waals surface area contributed by atoms with Gasteiger partial charge in [0, 0.05) is 28.8 Å². The normalized spacial score (nSPS) is 9.89. The molecule has 3 nitrogen and oxygen atoms in total. The van der Waals surface area contributed by atoms with Gasteiger partial charge in [0.1, 0.15) is 0 Å². The molecule has 0 saturated heterocycles. The predicted octanol–water partition coefficient (Wildman–Crippen LogP) is 3.85. The van der Waals surface area contributed by atoms with Crippen LogP contribution in [0.3, 0.4) is 0 Å². The van der Waals surface area contributed by atoms with Crippen LogP contribution in [0.15, 0.2) is 42.7 Å². The van der Waals surface area contributed by atoms with Crippen molar-refractivity contribution in [1.82, 2.24) is 4.98 Å². The van der Waals surface area contributed by atoms with Crippen LogP contribution in [0.2, 0.25) is 5.02 Å². The smallest absolute Gasteiger partial charge is 0.175 e. The fraction of sp³-hybridized carbons (Fsp3) is 0.0769. The number of halogens is 1. The fourth-order valence-corrected chi connectivity index (χ4v) is 1.82. The third-order valence-electron chi connectivity index (χ3n) is 2.37. The largest absolute Gasteiger partial charge is 0.332 e. The zero-order valence-electron chi connectivity index (χ0n) is 9.77. The van der Waals surface area contributed by atoms with Crippen LogP contribution in [0, 0.1) is 6.92 Å². The maximum absolute atomic E-state index is 6.05. The molecule has 0 amide bonds. The quantitative estimate of drug-likeness (QED) is 0.818. The Bertz CT molecular complexity index is 557. The SMILES string of the molecule is Cc1ccc(NC(=S)Nc2ccncc2)cc1Cl. The lowest BCUT2D eigenvalue weighted by Crippen LogP contribution is -2.18. The minimum absolute atomic E-state index is 0.515. The molecule has 0 atom stereocenters. The minimum Gasteiger partial charge on any atom is -0.332 e. The number of aromatic nitrogens is 1. The third-order valence-corrected chi connectivity index (χ3v) is 2.98. The number of anilines is 2. The van der Waals surface area contributed by atoms with E-state index in [-0.39, 0.29) is 0 Å². The van der Waals surface area contributed by atoms with Gasteiger partial charge in [-0.25, -0.2) is 0 Å². The maximum Gasteiger partial charge on any atom is 0.175 e. The lowest BCUT2D eigenvalue weighted by molar-refractivity contribution is 1.33. The second kappa shape index (κ2) is 5.80. The van der Waals surface area contributed by atoms with E-state index < -0.39 is 0 Å². The summed E-state index contributed by atoms with van der Waals surface area (Å²) in [6.07, 6.45) is 3.40. The Labute approximate surface area is 116 Å². The first-order valence-corrected chi connectivity index (χ1v) is 6.18. The molecule has 0 aliphatic heterocycles. The summed E-state index contributed by atoms with van der Waals surface area (Å²) in [7, 11) is 0. The van der Waals surface area contributed by atoms with Crippen LogP contribution in [0.1, 0.15) is 5.56 Å². The van der Waals surface area contributed by atoms with Crippen molar-refractivity contribution in [2.24, 2.45) is 0 Å². The molecule has 1 aromatic carbocycles. The van der Waals surface area contributed by atoms with Crippen molar-refractivity contribution in [2.45, 2.75) is 6.92 Å². The molecule has 1 heterocycles. The Morgan fingerprint density at radius 3 is 2.44 bits per heavy atom. The van der Waals surface area contributed by atoms with Crippen LogP contribution in [0.5, 0.6) is 0 Å². The van der Waals surface area contributed by atoms with Crippen molar-refractivity contribution >= 4 is 40.3 Å². The Balaban J connectivity index is 2.01. The molecule has 2 rings (SSSR count). The Kier molecular flexibility index (Phi) is 4.12. The van der Waals surface area contributed by atoms with Crippen molar-refractivity contribution in [3.05, 3.63) is 53.3 Å². The monoisotopic (exact) mass is 277 g/mol. The number of pyridine rings is 1. The molecular formula is C13H12ClN3S. The molecule has 0 aliphatic rings. The number of thiocarbonyl (C=S) groups is 1. The summed E-state index contributed by atoms with van der Waals surface area (Å²) in [4.78, 5) is 3.94. The van der Waals surface area contributed by atoms with E-state index in [0.29, 0.717) is 10.1 Å². The minimum atomic E-state index is 0.515. The number of benzene rings is 1. The van der Waals surface area contributed by atoms with Gasteiger partial charge < -0.3 is 10.6 Å². The summed E-state index contributed by atoms with van der Waals surface area (Å²) in [6, 6.07) is 9.41. The van der Waals surface area contributed by atoms with Gasteiger partial charge >= 0.3 is 0 Å². The van der Waals surface area contributed by atoms with Gasteiger partial charge in [-0.3, -0.25) is 4.98 Å². The summed E-state index contributed by atoms with van der Waals surface area (Å²) in [6.45, 7) is 1.96. The molecule has 0 spiro atoms. The van der Waals surface area contributed by atoms with Crippen molar-refractivity contribution in [3.63, 3.8) is 0 Å². The van der Waals surface area contributed by atoms with Gasteiger partial charge in [0.25, 0.3) is 0 Å². The number of rotatable bonds is 2. The molecule has 2 N–H and O–H groups in total. The van der Waals surface area contributed by atoms with E-state index in [1.165, 1.54) is 0 Å². The first kappa shape index (κ1) is 12.8. The third kappa shape index (κ3) is 3.42. The van der Waals surface area contributed by atoms with E-state index >= 15 is 0 Å². The summed E-state index contributed by atoms with van der Waals surface area (Å²) in [5.74, 6) is 0. The van der Waals surface area contributed by atoms with Crippen LogP contribution < -0.4 is 10.6 Å². The first-order valence-electron chi connectivity index (χ1n) is 5.39. The predicted molar refractivity (Wildman–Crippen MR) is 80.3 cm³/mol. The Hall–Kier alpha value is -1.65.